The van der Waals surface area contributed by atoms with Crippen LogP contribution in [0.4, 0.5) is 15.9 Å². The summed E-state index contributed by atoms with van der Waals surface area (Å²) in [6.45, 7) is 5.25. The minimum absolute atomic E-state index is 0. The Bertz CT molecular complexity index is 1070. The number of benzene rings is 2. The third-order valence-corrected chi connectivity index (χ3v) is 5.57. The third-order valence-electron chi connectivity index (χ3n) is 5.33. The Kier molecular flexibility index (Phi) is 9.31. The van der Waals surface area contributed by atoms with Gasteiger partial charge in [-0.2, -0.15) is 0 Å². The molecule has 7 nitrogen and oxygen atoms in total. The average Bonchev–Trinajstić information content (AvgIpc) is 2.81. The van der Waals surface area contributed by atoms with Crippen LogP contribution in [0.2, 0.25) is 5.02 Å². The third kappa shape index (κ3) is 6.57. The molecule has 178 valence electrons. The van der Waals surface area contributed by atoms with Crippen molar-refractivity contribution in [3.8, 4) is 11.5 Å². The average molecular weight is 497 g/mol. The van der Waals surface area contributed by atoms with Gasteiger partial charge in [0.1, 0.15) is 18.0 Å². The molecule has 3 aromatic rings. The lowest BCUT2D eigenvalue weighted by atomic mass is 10.2. The topological polar surface area (TPSA) is 68.7 Å². The van der Waals surface area contributed by atoms with E-state index in [0.717, 1.165) is 45.7 Å². The van der Waals surface area contributed by atoms with E-state index in [9.17, 15) is 4.39 Å². The van der Waals surface area contributed by atoms with Crippen LogP contribution >= 0.6 is 24.0 Å². The maximum Gasteiger partial charge on any atom is 0.163 e. The van der Waals surface area contributed by atoms with Crippen LogP contribution in [0.15, 0.2) is 36.7 Å². The smallest absolute Gasteiger partial charge is 0.163 e. The maximum absolute atomic E-state index is 14.2. The van der Waals surface area contributed by atoms with Crippen molar-refractivity contribution in [2.45, 2.75) is 12.8 Å². The number of fused-ring (bicyclic) bond motifs is 1. The van der Waals surface area contributed by atoms with Crippen LogP contribution in [0, 0.1) is 5.82 Å². The standard InChI is InChI=1S/C23H26ClFN4O3.ClH/c1-30-21-13-17-20(14-22(21)32-9-3-2-6-29-7-10-31-11-8-29)26-15-27-23(17)28-19-5-4-16(24)12-18(19)25;/h4-5,12-15H,2-3,6-11H2,1H3,(H,26,27,28);1H. The van der Waals surface area contributed by atoms with Gasteiger partial charge in [-0.3, -0.25) is 4.90 Å². The van der Waals surface area contributed by atoms with Crippen LogP contribution in [0.25, 0.3) is 10.9 Å². The minimum Gasteiger partial charge on any atom is -0.493 e. The predicted molar refractivity (Wildman–Crippen MR) is 130 cm³/mol. The lowest BCUT2D eigenvalue weighted by Crippen LogP contribution is -2.36. The molecule has 0 radical (unpaired) electrons. The van der Waals surface area contributed by atoms with Crippen LogP contribution in [0.5, 0.6) is 11.5 Å². The molecule has 0 amide bonds. The van der Waals surface area contributed by atoms with E-state index in [-0.39, 0.29) is 18.1 Å². The lowest BCUT2D eigenvalue weighted by molar-refractivity contribution is 0.0368. The van der Waals surface area contributed by atoms with Gasteiger partial charge in [-0.1, -0.05) is 11.6 Å². The first-order chi connectivity index (χ1) is 15.6. The molecule has 2 aromatic carbocycles. The molecule has 4 rings (SSSR count). The molecule has 10 heteroatoms. The van der Waals surface area contributed by atoms with E-state index in [1.165, 1.54) is 12.4 Å². The number of methoxy groups -OCH3 is 1. The first-order valence-corrected chi connectivity index (χ1v) is 11.0. The van der Waals surface area contributed by atoms with Gasteiger partial charge in [0.15, 0.2) is 11.5 Å². The van der Waals surface area contributed by atoms with Gasteiger partial charge >= 0.3 is 0 Å². The molecular weight excluding hydrogens is 470 g/mol. The van der Waals surface area contributed by atoms with Gasteiger partial charge in [0.05, 0.1) is 38.1 Å². The van der Waals surface area contributed by atoms with E-state index < -0.39 is 5.82 Å². The highest BCUT2D eigenvalue weighted by Crippen LogP contribution is 2.35. The molecule has 0 atom stereocenters. The van der Waals surface area contributed by atoms with E-state index in [2.05, 4.69) is 20.2 Å². The number of rotatable bonds is 9. The second-order valence-corrected chi connectivity index (χ2v) is 7.94. The molecule has 2 heterocycles. The molecule has 1 aromatic heterocycles. The first-order valence-electron chi connectivity index (χ1n) is 10.6. The van der Waals surface area contributed by atoms with Crippen LogP contribution in [0.1, 0.15) is 12.8 Å². The summed E-state index contributed by atoms with van der Waals surface area (Å²) in [5.74, 6) is 1.19. The summed E-state index contributed by atoms with van der Waals surface area (Å²) in [7, 11) is 1.59. The fourth-order valence-corrected chi connectivity index (χ4v) is 3.76. The monoisotopic (exact) mass is 496 g/mol. The zero-order valence-corrected chi connectivity index (χ0v) is 19.9. The van der Waals surface area contributed by atoms with E-state index in [4.69, 9.17) is 25.8 Å². The summed E-state index contributed by atoms with van der Waals surface area (Å²) < 4.78 is 31.1. The van der Waals surface area contributed by atoms with Crippen LogP contribution in [-0.2, 0) is 4.74 Å². The van der Waals surface area contributed by atoms with Crippen molar-refractivity contribution in [1.82, 2.24) is 14.9 Å². The Hall–Kier alpha value is -2.39. The number of hydrogen-bond acceptors (Lipinski definition) is 7. The number of nitrogens with zero attached hydrogens (tertiary/aromatic N) is 3. The molecule has 0 bridgehead atoms. The molecule has 1 N–H and O–H groups in total. The van der Waals surface area contributed by atoms with E-state index in [1.807, 2.05) is 6.07 Å². The van der Waals surface area contributed by atoms with Crippen LogP contribution in [-0.4, -0.2) is 61.4 Å². The molecule has 0 saturated carbocycles. The molecule has 1 aliphatic heterocycles. The molecule has 0 spiro atoms. The summed E-state index contributed by atoms with van der Waals surface area (Å²) >= 11 is 5.84. The second kappa shape index (κ2) is 12.2. The summed E-state index contributed by atoms with van der Waals surface area (Å²) in [5, 5.41) is 4.03. The van der Waals surface area contributed by atoms with Gasteiger partial charge in [-0.05, 0) is 43.7 Å². The number of morpholine rings is 1. The zero-order chi connectivity index (χ0) is 22.3. The Morgan fingerprint density at radius 1 is 1.12 bits per heavy atom. The Morgan fingerprint density at radius 2 is 1.94 bits per heavy atom. The Morgan fingerprint density at radius 3 is 2.70 bits per heavy atom. The fraction of sp³-hybridized carbons (Fsp3) is 0.391. The highest BCUT2D eigenvalue weighted by atomic mass is 35.5. The van der Waals surface area contributed by atoms with Crippen molar-refractivity contribution in [2.75, 3.05) is 51.9 Å². The molecule has 33 heavy (non-hydrogen) atoms. The van der Waals surface area contributed by atoms with Gasteiger partial charge in [0.2, 0.25) is 0 Å². The second-order valence-electron chi connectivity index (χ2n) is 7.50. The number of ether oxygens (including phenoxy) is 3. The molecule has 0 unspecified atom stereocenters. The largest absolute Gasteiger partial charge is 0.493 e. The minimum atomic E-state index is -0.465. The highest BCUT2D eigenvalue weighted by Gasteiger charge is 2.14. The van der Waals surface area contributed by atoms with Crippen molar-refractivity contribution in [3.63, 3.8) is 0 Å². The summed E-state index contributed by atoms with van der Waals surface area (Å²) in [4.78, 5) is 11.0. The van der Waals surface area contributed by atoms with Crippen molar-refractivity contribution < 1.29 is 18.6 Å². The number of aromatic nitrogens is 2. The predicted octanol–water partition coefficient (Wildman–Crippen LogP) is 5.09. The van der Waals surface area contributed by atoms with Crippen molar-refractivity contribution in [2.24, 2.45) is 0 Å². The number of anilines is 2. The first kappa shape index (κ1) is 25.2. The lowest BCUT2D eigenvalue weighted by Gasteiger charge is -2.26. The number of nitrogens with one attached hydrogen (secondary N) is 1. The van der Waals surface area contributed by atoms with Gasteiger partial charge in [0, 0.05) is 29.6 Å². The molecule has 1 fully saturated rings. The van der Waals surface area contributed by atoms with E-state index in [0.29, 0.717) is 39.8 Å². The van der Waals surface area contributed by atoms with Gasteiger partial charge in [-0.25, -0.2) is 14.4 Å². The number of hydrogen-bond donors (Lipinski definition) is 1. The molecular formula is C23H27Cl2FN4O3. The summed E-state index contributed by atoms with van der Waals surface area (Å²) in [6, 6.07) is 8.05. The Labute approximate surface area is 203 Å². The van der Waals surface area contributed by atoms with Crippen molar-refractivity contribution in [3.05, 3.63) is 47.5 Å². The number of halogens is 3. The van der Waals surface area contributed by atoms with Crippen LogP contribution in [0.3, 0.4) is 0 Å². The fourth-order valence-electron chi connectivity index (χ4n) is 3.60. The molecule has 1 aliphatic rings. The Balaban J connectivity index is 0.00000306. The number of unbranched alkanes of at least 4 members (excludes halogenated alkanes) is 1. The molecule has 1 saturated heterocycles. The summed E-state index contributed by atoms with van der Waals surface area (Å²) in [6.07, 6.45) is 3.42. The molecule has 0 aliphatic carbocycles. The highest BCUT2D eigenvalue weighted by molar-refractivity contribution is 6.30. The van der Waals surface area contributed by atoms with Crippen LogP contribution < -0.4 is 14.8 Å². The quantitative estimate of drug-likeness (QED) is 0.413. The maximum atomic E-state index is 14.2. The van der Waals surface area contributed by atoms with Crippen molar-refractivity contribution in [1.29, 1.82) is 0 Å². The van der Waals surface area contributed by atoms with E-state index in [1.54, 1.807) is 25.3 Å². The summed E-state index contributed by atoms with van der Waals surface area (Å²) in [5.41, 5.74) is 0.940. The zero-order valence-electron chi connectivity index (χ0n) is 18.4. The van der Waals surface area contributed by atoms with Gasteiger partial charge in [-0.15, -0.1) is 12.4 Å². The van der Waals surface area contributed by atoms with E-state index >= 15 is 0 Å². The SMILES string of the molecule is COc1cc2c(Nc3ccc(Cl)cc3F)ncnc2cc1OCCCCN1CCOCC1.Cl. The van der Waals surface area contributed by atoms with Crippen molar-refractivity contribution >= 4 is 46.4 Å². The van der Waals surface area contributed by atoms with Gasteiger partial charge < -0.3 is 19.5 Å². The normalized spacial score (nSPS) is 14.0. The van der Waals surface area contributed by atoms with Gasteiger partial charge in [0.25, 0.3) is 0 Å².